The lowest BCUT2D eigenvalue weighted by atomic mass is 9.76. The zero-order chi connectivity index (χ0) is 9.24. The highest BCUT2D eigenvalue weighted by atomic mass is 16.3. The van der Waals surface area contributed by atoms with E-state index in [1.165, 1.54) is 0 Å². The average molecular weight is 164 g/mol. The summed E-state index contributed by atoms with van der Waals surface area (Å²) in [7, 11) is 0. The predicted molar refractivity (Wildman–Crippen MR) is 50.6 cm³/mol. The van der Waals surface area contributed by atoms with Gasteiger partial charge in [0.1, 0.15) is 0 Å². The van der Waals surface area contributed by atoms with Crippen molar-refractivity contribution in [1.82, 2.24) is 0 Å². The van der Waals surface area contributed by atoms with E-state index in [9.17, 15) is 5.11 Å². The van der Waals surface area contributed by atoms with E-state index in [1.54, 1.807) is 0 Å². The van der Waals surface area contributed by atoms with Crippen LogP contribution in [0.4, 0.5) is 0 Å². The van der Waals surface area contributed by atoms with Gasteiger partial charge in [0.25, 0.3) is 0 Å². The smallest absolute Gasteiger partial charge is 0.0936 e. The van der Waals surface area contributed by atoms with E-state index in [0.29, 0.717) is 6.42 Å². The van der Waals surface area contributed by atoms with Gasteiger partial charge in [0.2, 0.25) is 0 Å². The largest absolute Gasteiger partial charge is 0.385 e. The first-order chi connectivity index (χ1) is 5.47. The van der Waals surface area contributed by atoms with E-state index in [2.05, 4.69) is 25.8 Å². The quantitative estimate of drug-likeness (QED) is 0.465. The van der Waals surface area contributed by atoms with Gasteiger partial charge in [0.15, 0.2) is 0 Å². The van der Waals surface area contributed by atoms with E-state index in [0.717, 1.165) is 12.8 Å². The molecular formula is C11H16O. The molecule has 1 N–H and O–H groups in total. The van der Waals surface area contributed by atoms with Crippen molar-refractivity contribution in [1.29, 1.82) is 0 Å². The van der Waals surface area contributed by atoms with Crippen LogP contribution in [0, 0.1) is 17.8 Å². The molecule has 1 aliphatic carbocycles. The third-order valence-corrected chi connectivity index (χ3v) is 2.46. The second kappa shape index (κ2) is 2.95. The van der Waals surface area contributed by atoms with Crippen LogP contribution in [0.2, 0.25) is 0 Å². The summed E-state index contributed by atoms with van der Waals surface area (Å²) in [6.45, 7) is 4.33. The van der Waals surface area contributed by atoms with Gasteiger partial charge in [-0.15, -0.1) is 12.3 Å². The molecule has 0 bridgehead atoms. The molecule has 1 aliphatic rings. The highest BCUT2D eigenvalue weighted by molar-refractivity contribution is 5.14. The van der Waals surface area contributed by atoms with E-state index >= 15 is 0 Å². The summed E-state index contributed by atoms with van der Waals surface area (Å²) in [6, 6.07) is 0. The van der Waals surface area contributed by atoms with Crippen LogP contribution in [0.1, 0.15) is 33.1 Å². The number of aliphatic hydroxyl groups is 1. The molecule has 66 valence electrons. The Hall–Kier alpha value is -0.740. The molecule has 0 saturated carbocycles. The fourth-order valence-corrected chi connectivity index (χ4v) is 1.41. The van der Waals surface area contributed by atoms with Crippen molar-refractivity contribution in [3.8, 4) is 12.3 Å². The van der Waals surface area contributed by atoms with Gasteiger partial charge >= 0.3 is 0 Å². The number of hydrogen-bond donors (Lipinski definition) is 1. The van der Waals surface area contributed by atoms with Gasteiger partial charge in [-0.05, 0) is 18.3 Å². The second-order valence-corrected chi connectivity index (χ2v) is 4.31. The average Bonchev–Trinajstić information content (AvgIpc) is 1.98. The fraction of sp³-hybridized carbons (Fsp3) is 0.636. The first kappa shape index (κ1) is 9.35. The Balaban J connectivity index is 2.71. The molecule has 0 fully saturated rings. The lowest BCUT2D eigenvalue weighted by Gasteiger charge is -2.33. The normalized spacial score (nSPS) is 32.8. The SMILES string of the molecule is C#CCC1(O)C=CC(C)(C)CC1. The van der Waals surface area contributed by atoms with E-state index < -0.39 is 5.60 Å². The lowest BCUT2D eigenvalue weighted by Crippen LogP contribution is -2.31. The molecule has 0 amide bonds. The molecular weight excluding hydrogens is 148 g/mol. The number of rotatable bonds is 1. The standard InChI is InChI=1S/C11H16O/c1-4-5-11(12)8-6-10(2,3)7-9-11/h1,6,8,12H,5,7,9H2,2-3H3. The van der Waals surface area contributed by atoms with E-state index in [-0.39, 0.29) is 5.41 Å². The van der Waals surface area contributed by atoms with Gasteiger partial charge < -0.3 is 5.11 Å². The van der Waals surface area contributed by atoms with Crippen molar-refractivity contribution >= 4 is 0 Å². The van der Waals surface area contributed by atoms with Crippen LogP contribution >= 0.6 is 0 Å². The van der Waals surface area contributed by atoms with Gasteiger partial charge in [0, 0.05) is 6.42 Å². The van der Waals surface area contributed by atoms with Crippen LogP contribution in [0.3, 0.4) is 0 Å². The van der Waals surface area contributed by atoms with Crippen LogP contribution < -0.4 is 0 Å². The molecule has 0 saturated heterocycles. The molecule has 0 radical (unpaired) electrons. The minimum absolute atomic E-state index is 0.223. The number of terminal acetylenes is 1. The van der Waals surface area contributed by atoms with Crippen LogP contribution in [0.25, 0.3) is 0 Å². The maximum absolute atomic E-state index is 9.87. The van der Waals surface area contributed by atoms with Gasteiger partial charge in [-0.25, -0.2) is 0 Å². The molecule has 0 spiro atoms. The Kier molecular flexibility index (Phi) is 2.30. The highest BCUT2D eigenvalue weighted by Gasteiger charge is 2.30. The van der Waals surface area contributed by atoms with Gasteiger partial charge in [-0.3, -0.25) is 0 Å². The van der Waals surface area contributed by atoms with Crippen molar-refractivity contribution in [2.45, 2.75) is 38.7 Å². The zero-order valence-electron chi connectivity index (χ0n) is 7.80. The summed E-state index contributed by atoms with van der Waals surface area (Å²) >= 11 is 0. The molecule has 0 heterocycles. The molecule has 1 atom stereocenters. The number of hydrogen-bond acceptors (Lipinski definition) is 1. The fourth-order valence-electron chi connectivity index (χ4n) is 1.41. The lowest BCUT2D eigenvalue weighted by molar-refractivity contribution is 0.0657. The molecule has 12 heavy (non-hydrogen) atoms. The van der Waals surface area contributed by atoms with Crippen molar-refractivity contribution in [3.05, 3.63) is 12.2 Å². The van der Waals surface area contributed by atoms with Crippen molar-refractivity contribution < 1.29 is 5.11 Å². The predicted octanol–water partition coefficient (Wildman–Crippen LogP) is 2.12. The van der Waals surface area contributed by atoms with Crippen molar-refractivity contribution in [2.24, 2.45) is 5.41 Å². The highest BCUT2D eigenvalue weighted by Crippen LogP contribution is 2.35. The Morgan fingerprint density at radius 1 is 1.42 bits per heavy atom. The molecule has 1 nitrogen and oxygen atoms in total. The molecule has 0 aromatic carbocycles. The Morgan fingerprint density at radius 2 is 2.08 bits per heavy atom. The first-order valence-corrected chi connectivity index (χ1v) is 4.34. The maximum atomic E-state index is 9.87. The first-order valence-electron chi connectivity index (χ1n) is 4.34. The zero-order valence-corrected chi connectivity index (χ0v) is 7.80. The molecule has 1 unspecified atom stereocenters. The maximum Gasteiger partial charge on any atom is 0.0936 e. The Labute approximate surface area is 74.5 Å². The summed E-state index contributed by atoms with van der Waals surface area (Å²) < 4.78 is 0. The second-order valence-electron chi connectivity index (χ2n) is 4.31. The van der Waals surface area contributed by atoms with Gasteiger partial charge in [-0.2, -0.15) is 0 Å². The minimum atomic E-state index is -0.732. The Bertz CT molecular complexity index is 232. The van der Waals surface area contributed by atoms with Gasteiger partial charge in [-0.1, -0.05) is 26.0 Å². The summed E-state index contributed by atoms with van der Waals surface area (Å²) in [5.41, 5.74) is -0.509. The van der Waals surface area contributed by atoms with Crippen LogP contribution in [0.5, 0.6) is 0 Å². The van der Waals surface area contributed by atoms with E-state index in [1.807, 2.05) is 6.08 Å². The minimum Gasteiger partial charge on any atom is -0.385 e. The summed E-state index contributed by atoms with van der Waals surface area (Å²) in [5.74, 6) is 2.50. The topological polar surface area (TPSA) is 20.2 Å². The number of allylic oxidation sites excluding steroid dienone is 1. The third kappa shape index (κ3) is 2.12. The summed E-state index contributed by atoms with van der Waals surface area (Å²) in [6.07, 6.45) is 11.3. The molecule has 0 aliphatic heterocycles. The molecule has 1 rings (SSSR count). The summed E-state index contributed by atoms with van der Waals surface area (Å²) in [5, 5.41) is 9.87. The molecule has 1 heteroatoms. The molecule has 0 aromatic heterocycles. The van der Waals surface area contributed by atoms with Crippen molar-refractivity contribution in [3.63, 3.8) is 0 Å². The molecule has 0 aromatic rings. The van der Waals surface area contributed by atoms with Crippen LogP contribution in [-0.2, 0) is 0 Å². The van der Waals surface area contributed by atoms with Crippen molar-refractivity contribution in [2.75, 3.05) is 0 Å². The summed E-state index contributed by atoms with van der Waals surface area (Å²) in [4.78, 5) is 0. The van der Waals surface area contributed by atoms with E-state index in [4.69, 9.17) is 6.42 Å². The van der Waals surface area contributed by atoms with Gasteiger partial charge in [0.05, 0.1) is 5.60 Å². The van der Waals surface area contributed by atoms with Crippen LogP contribution in [-0.4, -0.2) is 10.7 Å². The van der Waals surface area contributed by atoms with Crippen LogP contribution in [0.15, 0.2) is 12.2 Å². The third-order valence-electron chi connectivity index (χ3n) is 2.46. The monoisotopic (exact) mass is 164 g/mol. The Morgan fingerprint density at radius 3 is 2.50 bits per heavy atom.